The average molecular weight is 634 g/mol. The first-order valence-corrected chi connectivity index (χ1v) is 17.0. The average Bonchev–Trinajstić information content (AvgIpc) is 3.05. The first-order chi connectivity index (χ1) is 21.7. The van der Waals surface area contributed by atoms with E-state index >= 15 is 0 Å². The third kappa shape index (κ3) is 10.6. The number of hydrogen-bond acceptors (Lipinski definition) is 6. The summed E-state index contributed by atoms with van der Waals surface area (Å²) < 4.78 is 34.1. The van der Waals surface area contributed by atoms with E-state index in [1.54, 1.807) is 54.6 Å². The molecular weight excluding hydrogens is 590 g/mol. The van der Waals surface area contributed by atoms with Crippen LogP contribution in [0.1, 0.15) is 57.1 Å². The predicted octanol–water partition coefficient (Wildman–Crippen LogP) is 6.01. The van der Waals surface area contributed by atoms with Gasteiger partial charge in [0.1, 0.15) is 0 Å². The molecule has 3 aromatic carbocycles. The number of benzene rings is 3. The number of hydrogen-bond donors (Lipinski definition) is 2. The molecule has 3 aromatic rings. The van der Waals surface area contributed by atoms with E-state index in [1.807, 2.05) is 62.4 Å². The van der Waals surface area contributed by atoms with Crippen LogP contribution in [0, 0.1) is 17.8 Å². The SMILES string of the molecule is CC(C)C[C@@H](C(=O)NN(c1ccccc1)S(=O)(=O)Cc1ccccc1)[C@H](CC=Cc1ccccc1)C(=O)NOC1CCCCO1. The summed E-state index contributed by atoms with van der Waals surface area (Å²) in [6, 6.07) is 26.8. The van der Waals surface area contributed by atoms with Crippen LogP contribution in [0.3, 0.4) is 0 Å². The van der Waals surface area contributed by atoms with Crippen molar-refractivity contribution in [2.24, 2.45) is 17.8 Å². The molecule has 1 aliphatic heterocycles. The first kappa shape index (κ1) is 33.9. The quantitative estimate of drug-likeness (QED) is 0.198. The number of hydrazine groups is 1. The summed E-state index contributed by atoms with van der Waals surface area (Å²) in [5.74, 6) is -3.07. The van der Waals surface area contributed by atoms with Gasteiger partial charge in [-0.05, 0) is 54.9 Å². The lowest BCUT2D eigenvalue weighted by Gasteiger charge is -2.31. The van der Waals surface area contributed by atoms with Gasteiger partial charge in [0.2, 0.25) is 11.8 Å². The van der Waals surface area contributed by atoms with Crippen molar-refractivity contribution in [3.63, 3.8) is 0 Å². The lowest BCUT2D eigenvalue weighted by atomic mass is 9.82. The Morgan fingerprint density at radius 1 is 0.911 bits per heavy atom. The maximum absolute atomic E-state index is 14.2. The molecule has 0 radical (unpaired) electrons. The van der Waals surface area contributed by atoms with E-state index in [9.17, 15) is 18.0 Å². The van der Waals surface area contributed by atoms with Crippen LogP contribution in [0.25, 0.3) is 6.08 Å². The van der Waals surface area contributed by atoms with Crippen LogP contribution >= 0.6 is 0 Å². The number of rotatable bonds is 15. The summed E-state index contributed by atoms with van der Waals surface area (Å²) in [5, 5.41) is 0. The normalized spacial score (nSPS) is 16.6. The molecule has 240 valence electrons. The van der Waals surface area contributed by atoms with Gasteiger partial charge in [-0.2, -0.15) is 4.41 Å². The molecule has 10 heteroatoms. The smallest absolute Gasteiger partial charge is 0.256 e. The third-order valence-electron chi connectivity index (χ3n) is 7.49. The van der Waals surface area contributed by atoms with Crippen molar-refractivity contribution < 1.29 is 27.6 Å². The van der Waals surface area contributed by atoms with Gasteiger partial charge in [0.05, 0.1) is 23.3 Å². The number of ether oxygens (including phenoxy) is 1. The number of amides is 2. The number of anilines is 1. The van der Waals surface area contributed by atoms with Crippen molar-refractivity contribution in [1.29, 1.82) is 0 Å². The second-order valence-electron chi connectivity index (χ2n) is 11.6. The van der Waals surface area contributed by atoms with Crippen molar-refractivity contribution in [3.05, 3.63) is 108 Å². The second-order valence-corrected chi connectivity index (χ2v) is 13.4. The Morgan fingerprint density at radius 3 is 2.18 bits per heavy atom. The Labute approximate surface area is 266 Å². The predicted molar refractivity (Wildman–Crippen MR) is 175 cm³/mol. The largest absolute Gasteiger partial charge is 0.350 e. The number of para-hydroxylation sites is 1. The highest BCUT2D eigenvalue weighted by atomic mass is 32.2. The van der Waals surface area contributed by atoms with Crippen LogP contribution in [-0.4, -0.2) is 33.1 Å². The number of allylic oxidation sites excluding steroid dienone is 1. The molecule has 1 heterocycles. The Bertz CT molecular complexity index is 1480. The molecule has 4 rings (SSSR count). The molecule has 2 N–H and O–H groups in total. The highest BCUT2D eigenvalue weighted by Crippen LogP contribution is 2.27. The van der Waals surface area contributed by atoms with Crippen molar-refractivity contribution in [2.75, 3.05) is 11.0 Å². The van der Waals surface area contributed by atoms with Gasteiger partial charge in [0, 0.05) is 13.0 Å². The second kappa shape index (κ2) is 16.9. The molecular formula is C35H43N3O6S. The van der Waals surface area contributed by atoms with Crippen LogP contribution in [0.5, 0.6) is 0 Å². The zero-order valence-corrected chi connectivity index (χ0v) is 26.7. The van der Waals surface area contributed by atoms with Crippen molar-refractivity contribution >= 4 is 33.6 Å². The van der Waals surface area contributed by atoms with E-state index in [-0.39, 0.29) is 23.8 Å². The number of sulfonamides is 1. The van der Waals surface area contributed by atoms with Crippen LogP contribution in [0.2, 0.25) is 0 Å². The standard InChI is InChI=1S/C35H43N3O6S/c1-27(2)25-32(31(22-14-19-28-15-6-3-7-16-28)35(40)37-44-33-23-12-13-24-43-33)34(39)36-38(30-20-10-5-11-21-30)45(41,42)26-29-17-8-4-9-18-29/h3-11,14-21,27,31-33H,12-13,22-26H2,1-2H3,(H,36,39)(H,37,40)/t31-,32+,33?/m0/s1. The summed E-state index contributed by atoms with van der Waals surface area (Å²) in [7, 11) is -4.06. The third-order valence-corrected chi connectivity index (χ3v) is 9.04. The van der Waals surface area contributed by atoms with Crippen molar-refractivity contribution in [3.8, 4) is 0 Å². The van der Waals surface area contributed by atoms with Gasteiger partial charge in [0.15, 0.2) is 6.29 Å². The fourth-order valence-corrected chi connectivity index (χ4v) is 6.64. The van der Waals surface area contributed by atoms with E-state index in [1.165, 1.54) is 0 Å². The molecule has 1 aliphatic rings. The van der Waals surface area contributed by atoms with Crippen LogP contribution in [-0.2, 0) is 34.9 Å². The molecule has 0 aromatic heterocycles. The number of nitrogens with one attached hydrogen (secondary N) is 2. The molecule has 1 fully saturated rings. The van der Waals surface area contributed by atoms with E-state index in [0.29, 0.717) is 25.0 Å². The fourth-order valence-electron chi connectivity index (χ4n) is 5.22. The minimum Gasteiger partial charge on any atom is -0.350 e. The summed E-state index contributed by atoms with van der Waals surface area (Å²) in [5.41, 5.74) is 7.05. The number of carbonyl (C=O) groups excluding carboxylic acids is 2. The molecule has 9 nitrogen and oxygen atoms in total. The Kier molecular flexibility index (Phi) is 12.7. The summed E-state index contributed by atoms with van der Waals surface area (Å²) in [6.07, 6.45) is 6.27. The van der Waals surface area contributed by atoms with E-state index in [4.69, 9.17) is 9.57 Å². The van der Waals surface area contributed by atoms with Gasteiger partial charge < -0.3 is 4.74 Å². The molecule has 0 saturated carbocycles. The minimum absolute atomic E-state index is 0.0304. The molecule has 0 aliphatic carbocycles. The lowest BCUT2D eigenvalue weighted by molar-refractivity contribution is -0.203. The Balaban J connectivity index is 1.62. The zero-order chi connectivity index (χ0) is 32.1. The van der Waals surface area contributed by atoms with Crippen molar-refractivity contribution in [1.82, 2.24) is 10.9 Å². The first-order valence-electron chi connectivity index (χ1n) is 15.4. The molecule has 45 heavy (non-hydrogen) atoms. The van der Waals surface area contributed by atoms with Gasteiger partial charge in [-0.15, -0.1) is 0 Å². The highest BCUT2D eigenvalue weighted by Gasteiger charge is 2.37. The maximum atomic E-state index is 14.2. The molecule has 3 atom stereocenters. The van der Waals surface area contributed by atoms with Gasteiger partial charge in [-0.25, -0.2) is 18.7 Å². The monoisotopic (exact) mass is 633 g/mol. The van der Waals surface area contributed by atoms with E-state index in [0.717, 1.165) is 22.8 Å². The lowest BCUT2D eigenvalue weighted by Crippen LogP contribution is -2.52. The van der Waals surface area contributed by atoms with Gasteiger partial charge >= 0.3 is 0 Å². The van der Waals surface area contributed by atoms with Gasteiger partial charge in [0.25, 0.3) is 10.0 Å². The minimum atomic E-state index is -4.06. The van der Waals surface area contributed by atoms with Crippen LogP contribution in [0.15, 0.2) is 97.1 Å². The highest BCUT2D eigenvalue weighted by molar-refractivity contribution is 7.92. The number of nitrogens with zero attached hydrogens (tertiary/aromatic N) is 1. The number of carbonyl (C=O) groups is 2. The van der Waals surface area contributed by atoms with Gasteiger partial charge in [-0.3, -0.25) is 15.0 Å². The summed E-state index contributed by atoms with van der Waals surface area (Å²) in [6.45, 7) is 4.47. The van der Waals surface area contributed by atoms with Crippen molar-refractivity contribution in [2.45, 2.75) is 58.0 Å². The van der Waals surface area contributed by atoms with Gasteiger partial charge in [-0.1, -0.05) is 105 Å². The summed E-state index contributed by atoms with van der Waals surface area (Å²) in [4.78, 5) is 33.5. The van der Waals surface area contributed by atoms with E-state index < -0.39 is 40.0 Å². The summed E-state index contributed by atoms with van der Waals surface area (Å²) >= 11 is 0. The topological polar surface area (TPSA) is 114 Å². The fraction of sp³-hybridized carbons (Fsp3) is 0.371. The Morgan fingerprint density at radius 2 is 1.56 bits per heavy atom. The van der Waals surface area contributed by atoms with Crippen LogP contribution < -0.4 is 15.3 Å². The van der Waals surface area contributed by atoms with Crippen LogP contribution in [0.4, 0.5) is 5.69 Å². The molecule has 1 saturated heterocycles. The van der Waals surface area contributed by atoms with E-state index in [2.05, 4.69) is 10.9 Å². The molecule has 2 amide bonds. The zero-order valence-electron chi connectivity index (χ0n) is 25.9. The maximum Gasteiger partial charge on any atom is 0.256 e. The molecule has 0 bridgehead atoms. The molecule has 1 unspecified atom stereocenters. The Hall–Kier alpha value is -3.99. The molecule has 0 spiro atoms. The number of hydroxylamine groups is 1.